The molecule has 0 amide bonds. The van der Waals surface area contributed by atoms with E-state index in [1.165, 1.54) is 5.56 Å². The van der Waals surface area contributed by atoms with E-state index in [0.29, 0.717) is 13.0 Å². The highest BCUT2D eigenvalue weighted by molar-refractivity contribution is 5.56. The van der Waals surface area contributed by atoms with Crippen molar-refractivity contribution in [1.29, 1.82) is 0 Å². The molecule has 0 radical (unpaired) electrons. The minimum Gasteiger partial charge on any atom is -0.372 e. The standard InChI is InChI=1S/C14H19F3N2O/c15-14(16,17)10-20-7-3-6-19-9-12(18)8-11-4-1-2-5-13(11)19/h1-2,4-5,12H,3,6-10,18H2. The third-order valence-corrected chi connectivity index (χ3v) is 3.25. The number of nitrogens with two attached hydrogens (primary N) is 1. The first-order chi connectivity index (χ1) is 9.46. The molecular weight excluding hydrogens is 269 g/mol. The highest BCUT2D eigenvalue weighted by atomic mass is 19.4. The molecule has 0 aliphatic carbocycles. The van der Waals surface area contributed by atoms with E-state index in [1.807, 2.05) is 24.3 Å². The van der Waals surface area contributed by atoms with Gasteiger partial charge in [0.1, 0.15) is 6.61 Å². The summed E-state index contributed by atoms with van der Waals surface area (Å²) in [6.07, 6.45) is -2.85. The Morgan fingerprint density at radius 1 is 1.30 bits per heavy atom. The number of halogens is 3. The molecular formula is C14H19F3N2O. The number of para-hydroxylation sites is 1. The summed E-state index contributed by atoms with van der Waals surface area (Å²) in [7, 11) is 0. The smallest absolute Gasteiger partial charge is 0.372 e. The zero-order valence-corrected chi connectivity index (χ0v) is 11.2. The summed E-state index contributed by atoms with van der Waals surface area (Å²) in [6, 6.07) is 8.07. The minimum absolute atomic E-state index is 0.0704. The van der Waals surface area contributed by atoms with E-state index in [1.54, 1.807) is 0 Å². The predicted octanol–water partition coefficient (Wildman–Crippen LogP) is 2.35. The third-order valence-electron chi connectivity index (χ3n) is 3.25. The number of hydrogen-bond donors (Lipinski definition) is 1. The van der Waals surface area contributed by atoms with Crippen molar-refractivity contribution in [3.63, 3.8) is 0 Å². The van der Waals surface area contributed by atoms with Crippen LogP contribution in [0.2, 0.25) is 0 Å². The molecule has 0 saturated heterocycles. The van der Waals surface area contributed by atoms with E-state index in [0.717, 1.165) is 18.7 Å². The van der Waals surface area contributed by atoms with Gasteiger partial charge in [-0.25, -0.2) is 0 Å². The number of anilines is 1. The normalized spacial score (nSPS) is 19.0. The largest absolute Gasteiger partial charge is 0.411 e. The molecule has 0 aromatic heterocycles. The average Bonchev–Trinajstić information content (AvgIpc) is 2.36. The maximum atomic E-state index is 11.9. The van der Waals surface area contributed by atoms with Crippen LogP contribution in [0.4, 0.5) is 18.9 Å². The van der Waals surface area contributed by atoms with Gasteiger partial charge in [0.15, 0.2) is 0 Å². The minimum atomic E-state index is -4.25. The SMILES string of the molecule is NC1Cc2ccccc2N(CCCOCC(F)(F)F)C1. The first-order valence-corrected chi connectivity index (χ1v) is 6.68. The maximum absolute atomic E-state index is 11.9. The fraction of sp³-hybridized carbons (Fsp3) is 0.571. The Balaban J connectivity index is 1.81. The lowest BCUT2D eigenvalue weighted by Gasteiger charge is -2.34. The van der Waals surface area contributed by atoms with Crippen molar-refractivity contribution in [3.05, 3.63) is 29.8 Å². The fourth-order valence-corrected chi connectivity index (χ4v) is 2.48. The van der Waals surface area contributed by atoms with E-state index in [4.69, 9.17) is 5.73 Å². The first kappa shape index (κ1) is 15.1. The molecule has 2 rings (SSSR count). The molecule has 112 valence electrons. The fourth-order valence-electron chi connectivity index (χ4n) is 2.48. The number of fused-ring (bicyclic) bond motifs is 1. The highest BCUT2D eigenvalue weighted by Crippen LogP contribution is 2.26. The molecule has 6 heteroatoms. The molecule has 1 aromatic rings. The van der Waals surface area contributed by atoms with Crippen molar-refractivity contribution in [2.75, 3.05) is 31.2 Å². The predicted molar refractivity (Wildman–Crippen MR) is 71.8 cm³/mol. The number of alkyl halides is 3. The molecule has 0 bridgehead atoms. The molecule has 1 heterocycles. The molecule has 0 spiro atoms. The number of ether oxygens (including phenoxy) is 1. The van der Waals surface area contributed by atoms with Crippen LogP contribution in [0.1, 0.15) is 12.0 Å². The second kappa shape index (κ2) is 6.45. The van der Waals surface area contributed by atoms with Crippen LogP contribution < -0.4 is 10.6 Å². The molecule has 20 heavy (non-hydrogen) atoms. The number of rotatable bonds is 5. The van der Waals surface area contributed by atoms with Crippen molar-refractivity contribution in [2.45, 2.75) is 25.1 Å². The molecule has 0 fully saturated rings. The van der Waals surface area contributed by atoms with Crippen molar-refractivity contribution in [2.24, 2.45) is 5.73 Å². The topological polar surface area (TPSA) is 38.5 Å². The molecule has 1 unspecified atom stereocenters. The molecule has 1 aromatic carbocycles. The van der Waals surface area contributed by atoms with Gasteiger partial charge in [0.05, 0.1) is 0 Å². The molecule has 2 N–H and O–H groups in total. The van der Waals surface area contributed by atoms with Gasteiger partial charge in [0.2, 0.25) is 0 Å². The van der Waals surface area contributed by atoms with Crippen LogP contribution in [0, 0.1) is 0 Å². The van der Waals surface area contributed by atoms with Crippen LogP contribution in [0.3, 0.4) is 0 Å². The Morgan fingerprint density at radius 2 is 2.05 bits per heavy atom. The Bertz CT molecular complexity index is 437. The lowest BCUT2D eigenvalue weighted by atomic mass is 9.98. The summed E-state index contributed by atoms with van der Waals surface area (Å²) in [5.41, 5.74) is 8.33. The second-order valence-corrected chi connectivity index (χ2v) is 5.06. The van der Waals surface area contributed by atoms with Crippen LogP contribution >= 0.6 is 0 Å². The van der Waals surface area contributed by atoms with E-state index in [2.05, 4.69) is 9.64 Å². The van der Waals surface area contributed by atoms with Crippen molar-refractivity contribution >= 4 is 5.69 Å². The van der Waals surface area contributed by atoms with Gasteiger partial charge < -0.3 is 15.4 Å². The van der Waals surface area contributed by atoms with Crippen LogP contribution in [0.25, 0.3) is 0 Å². The highest BCUT2D eigenvalue weighted by Gasteiger charge is 2.27. The Kier molecular flexibility index (Phi) is 4.88. The van der Waals surface area contributed by atoms with Gasteiger partial charge in [0.25, 0.3) is 0 Å². The number of nitrogens with zero attached hydrogens (tertiary/aromatic N) is 1. The van der Waals surface area contributed by atoms with E-state index in [9.17, 15) is 13.2 Å². The van der Waals surface area contributed by atoms with Crippen LogP contribution in [0.15, 0.2) is 24.3 Å². The Morgan fingerprint density at radius 3 is 2.80 bits per heavy atom. The molecule has 1 atom stereocenters. The zero-order valence-electron chi connectivity index (χ0n) is 11.2. The summed E-state index contributed by atoms with van der Waals surface area (Å²) >= 11 is 0. The quantitative estimate of drug-likeness (QED) is 0.845. The number of benzene rings is 1. The van der Waals surface area contributed by atoms with Gasteiger partial charge in [-0.05, 0) is 24.5 Å². The zero-order chi connectivity index (χ0) is 14.6. The summed E-state index contributed by atoms with van der Waals surface area (Å²) < 4.78 is 40.4. The second-order valence-electron chi connectivity index (χ2n) is 5.06. The molecule has 1 aliphatic rings. The van der Waals surface area contributed by atoms with Gasteiger partial charge in [-0.3, -0.25) is 0 Å². The van der Waals surface area contributed by atoms with Crippen molar-refractivity contribution < 1.29 is 17.9 Å². The Hall–Kier alpha value is -1.27. The lowest BCUT2D eigenvalue weighted by Crippen LogP contribution is -2.43. The lowest BCUT2D eigenvalue weighted by molar-refractivity contribution is -0.173. The third kappa shape index (κ3) is 4.38. The van der Waals surface area contributed by atoms with E-state index >= 15 is 0 Å². The van der Waals surface area contributed by atoms with Crippen molar-refractivity contribution in [1.82, 2.24) is 0 Å². The summed E-state index contributed by atoms with van der Waals surface area (Å²) in [6.45, 7) is 0.315. The van der Waals surface area contributed by atoms with Gasteiger partial charge >= 0.3 is 6.18 Å². The van der Waals surface area contributed by atoms with E-state index < -0.39 is 12.8 Å². The maximum Gasteiger partial charge on any atom is 0.411 e. The molecule has 1 aliphatic heterocycles. The molecule has 0 saturated carbocycles. The van der Waals surface area contributed by atoms with Crippen LogP contribution in [-0.2, 0) is 11.2 Å². The van der Waals surface area contributed by atoms with Crippen LogP contribution in [-0.4, -0.2) is 38.5 Å². The first-order valence-electron chi connectivity index (χ1n) is 6.68. The van der Waals surface area contributed by atoms with Crippen molar-refractivity contribution in [3.8, 4) is 0 Å². The summed E-state index contributed by atoms with van der Waals surface area (Å²) in [5, 5.41) is 0. The van der Waals surface area contributed by atoms with Gasteiger partial charge in [-0.2, -0.15) is 13.2 Å². The van der Waals surface area contributed by atoms with Gasteiger partial charge in [-0.15, -0.1) is 0 Å². The Labute approximate surface area is 116 Å². The molecule has 3 nitrogen and oxygen atoms in total. The monoisotopic (exact) mass is 288 g/mol. The van der Waals surface area contributed by atoms with Gasteiger partial charge in [-0.1, -0.05) is 18.2 Å². The van der Waals surface area contributed by atoms with Crippen LogP contribution in [0.5, 0.6) is 0 Å². The summed E-state index contributed by atoms with van der Waals surface area (Å²) in [5.74, 6) is 0. The van der Waals surface area contributed by atoms with Gasteiger partial charge in [0, 0.05) is 31.4 Å². The summed E-state index contributed by atoms with van der Waals surface area (Å²) in [4.78, 5) is 2.13. The number of hydrogen-bond acceptors (Lipinski definition) is 3. The van der Waals surface area contributed by atoms with E-state index in [-0.39, 0.29) is 12.6 Å². The average molecular weight is 288 g/mol.